The van der Waals surface area contributed by atoms with Gasteiger partial charge in [0.25, 0.3) is 11.4 Å². The molecule has 0 aliphatic heterocycles. The molecule has 0 amide bonds. The Labute approximate surface area is 120 Å². The van der Waals surface area contributed by atoms with E-state index in [-0.39, 0.29) is 29.9 Å². The lowest BCUT2D eigenvalue weighted by Crippen LogP contribution is -2.09. The molecule has 0 bridgehead atoms. The lowest BCUT2D eigenvalue weighted by molar-refractivity contribution is -0.395. The summed E-state index contributed by atoms with van der Waals surface area (Å²) >= 11 is 0. The van der Waals surface area contributed by atoms with Gasteiger partial charge in [0.15, 0.2) is 0 Å². The average molecular weight is 288 g/mol. The molecule has 0 heterocycles. The van der Waals surface area contributed by atoms with Crippen LogP contribution in [0.2, 0.25) is 0 Å². The molecule has 0 radical (unpaired) electrons. The van der Waals surface area contributed by atoms with Crippen molar-refractivity contribution >= 4 is 11.4 Å². The summed E-state index contributed by atoms with van der Waals surface area (Å²) < 4.78 is 0. The van der Waals surface area contributed by atoms with Crippen LogP contribution in [0.5, 0.6) is 0 Å². The highest BCUT2D eigenvalue weighted by atomic mass is 16.6. The van der Waals surface area contributed by atoms with Crippen LogP contribution in [0, 0.1) is 48.8 Å². The maximum Gasteiger partial charge on any atom is 0.297 e. The van der Waals surface area contributed by atoms with Crippen LogP contribution in [0.1, 0.15) is 30.5 Å². The monoisotopic (exact) mass is 288 g/mol. The fourth-order valence-electron chi connectivity index (χ4n) is 2.08. The molecule has 1 rings (SSSR count). The van der Waals surface area contributed by atoms with Gasteiger partial charge in [0.1, 0.15) is 6.07 Å². The summed E-state index contributed by atoms with van der Waals surface area (Å²) in [6.07, 6.45) is 0.0788. The van der Waals surface area contributed by atoms with E-state index in [9.17, 15) is 20.2 Å². The molecule has 1 aromatic rings. The van der Waals surface area contributed by atoms with Crippen LogP contribution < -0.4 is 0 Å². The van der Waals surface area contributed by atoms with Crippen molar-refractivity contribution in [1.29, 1.82) is 10.5 Å². The van der Waals surface area contributed by atoms with Gasteiger partial charge in [0.2, 0.25) is 5.56 Å². The average Bonchev–Trinajstić information content (AvgIpc) is 2.38. The summed E-state index contributed by atoms with van der Waals surface area (Å²) in [7, 11) is 0. The van der Waals surface area contributed by atoms with Crippen molar-refractivity contribution in [3.05, 3.63) is 43.0 Å². The number of nitrogens with zero attached hydrogens (tertiary/aromatic N) is 4. The van der Waals surface area contributed by atoms with Crippen LogP contribution in [0.4, 0.5) is 11.4 Å². The van der Waals surface area contributed by atoms with Crippen molar-refractivity contribution in [2.75, 3.05) is 0 Å². The van der Waals surface area contributed by atoms with E-state index < -0.39 is 26.8 Å². The van der Waals surface area contributed by atoms with E-state index in [1.807, 2.05) is 19.9 Å². The van der Waals surface area contributed by atoms with Gasteiger partial charge >= 0.3 is 0 Å². The molecule has 21 heavy (non-hydrogen) atoms. The van der Waals surface area contributed by atoms with Crippen molar-refractivity contribution in [3.8, 4) is 12.1 Å². The quantitative estimate of drug-likeness (QED) is 0.603. The Bertz CT molecular complexity index is 683. The predicted octanol–water partition coefficient (Wildman–Crippen LogP) is 2.64. The topological polar surface area (TPSA) is 134 Å². The van der Waals surface area contributed by atoms with Crippen molar-refractivity contribution in [2.45, 2.75) is 26.7 Å². The van der Waals surface area contributed by atoms with Crippen molar-refractivity contribution in [2.24, 2.45) is 5.92 Å². The van der Waals surface area contributed by atoms with Crippen molar-refractivity contribution in [3.63, 3.8) is 0 Å². The number of nitriles is 2. The fourth-order valence-corrected chi connectivity index (χ4v) is 2.08. The number of hydrogen-bond acceptors (Lipinski definition) is 6. The molecule has 0 saturated heterocycles. The maximum atomic E-state index is 11.3. The molecule has 0 unspecified atom stereocenters. The Morgan fingerprint density at radius 2 is 1.86 bits per heavy atom. The molecule has 0 N–H and O–H groups in total. The second-order valence-electron chi connectivity index (χ2n) is 4.82. The summed E-state index contributed by atoms with van der Waals surface area (Å²) in [5, 5.41) is 40.1. The number of hydrogen-bond donors (Lipinski definition) is 0. The van der Waals surface area contributed by atoms with Crippen molar-refractivity contribution in [1.82, 2.24) is 0 Å². The Hall–Kier alpha value is -3.00. The Morgan fingerprint density at radius 1 is 1.24 bits per heavy atom. The molecule has 8 heteroatoms. The minimum absolute atomic E-state index is 0.0362. The molecule has 1 aromatic carbocycles. The third-order valence-corrected chi connectivity index (χ3v) is 2.85. The lowest BCUT2D eigenvalue weighted by Gasteiger charge is -2.11. The molecular weight excluding hydrogens is 276 g/mol. The molecule has 0 aromatic heterocycles. The molecule has 0 fully saturated rings. The molecular formula is C13H12N4O4. The summed E-state index contributed by atoms with van der Waals surface area (Å²) in [5.74, 6) is 0.0362. The number of rotatable bonds is 5. The first-order valence-corrected chi connectivity index (χ1v) is 6.08. The summed E-state index contributed by atoms with van der Waals surface area (Å²) in [5.41, 5.74) is -1.32. The van der Waals surface area contributed by atoms with E-state index in [1.165, 1.54) is 0 Å². The van der Waals surface area contributed by atoms with E-state index >= 15 is 0 Å². The standard InChI is InChI=1S/C13H12N4O4/c1-8(2)5-10-9(3-4-14)6-12(16(18)19)11(7-15)13(10)17(20)21/h6,8H,3,5H2,1-2H3. The summed E-state index contributed by atoms with van der Waals surface area (Å²) in [6, 6.07) is 4.47. The maximum absolute atomic E-state index is 11.3. The third kappa shape index (κ3) is 3.31. The minimum atomic E-state index is -0.842. The van der Waals surface area contributed by atoms with Gasteiger partial charge in [-0.1, -0.05) is 13.8 Å². The van der Waals surface area contributed by atoms with Crippen LogP contribution in [0.3, 0.4) is 0 Å². The zero-order chi connectivity index (χ0) is 16.2. The zero-order valence-electron chi connectivity index (χ0n) is 11.5. The molecule has 0 spiro atoms. The van der Waals surface area contributed by atoms with Gasteiger partial charge in [0, 0.05) is 11.6 Å². The fraction of sp³-hybridized carbons (Fsp3) is 0.385. The molecule has 8 nitrogen and oxygen atoms in total. The molecule has 0 aliphatic rings. The van der Waals surface area contributed by atoms with Crippen LogP contribution >= 0.6 is 0 Å². The van der Waals surface area contributed by atoms with E-state index in [1.54, 1.807) is 6.07 Å². The predicted molar refractivity (Wildman–Crippen MR) is 72.3 cm³/mol. The van der Waals surface area contributed by atoms with Gasteiger partial charge in [-0.3, -0.25) is 20.2 Å². The Morgan fingerprint density at radius 3 is 2.24 bits per heavy atom. The second kappa shape index (κ2) is 6.44. The lowest BCUT2D eigenvalue weighted by atomic mass is 9.91. The molecule has 0 aliphatic carbocycles. The van der Waals surface area contributed by atoms with Crippen LogP contribution in [0.15, 0.2) is 6.07 Å². The molecule has 0 saturated carbocycles. The number of benzene rings is 1. The highest BCUT2D eigenvalue weighted by Gasteiger charge is 2.32. The van der Waals surface area contributed by atoms with Gasteiger partial charge in [-0.15, -0.1) is 0 Å². The number of nitro benzene ring substituents is 2. The zero-order valence-corrected chi connectivity index (χ0v) is 11.5. The van der Waals surface area contributed by atoms with Gasteiger partial charge in [-0.25, -0.2) is 0 Å². The molecule has 108 valence electrons. The normalized spacial score (nSPS) is 9.95. The van der Waals surface area contributed by atoms with Gasteiger partial charge in [-0.2, -0.15) is 10.5 Å². The SMILES string of the molecule is CC(C)Cc1c(CC#N)cc([N+](=O)[O-])c(C#N)c1[N+](=O)[O-]. The number of nitro groups is 2. The van der Waals surface area contributed by atoms with E-state index in [4.69, 9.17) is 10.5 Å². The van der Waals surface area contributed by atoms with Crippen LogP contribution in [-0.2, 0) is 12.8 Å². The van der Waals surface area contributed by atoms with Crippen LogP contribution in [-0.4, -0.2) is 9.85 Å². The smallest absolute Gasteiger partial charge is 0.258 e. The minimum Gasteiger partial charge on any atom is -0.258 e. The largest absolute Gasteiger partial charge is 0.297 e. The third-order valence-electron chi connectivity index (χ3n) is 2.85. The van der Waals surface area contributed by atoms with Gasteiger partial charge in [0.05, 0.1) is 22.3 Å². The molecule has 0 atom stereocenters. The highest BCUT2D eigenvalue weighted by Crippen LogP contribution is 2.35. The summed E-state index contributed by atoms with van der Waals surface area (Å²) in [6.45, 7) is 3.65. The van der Waals surface area contributed by atoms with Gasteiger partial charge in [-0.05, 0) is 17.9 Å². The van der Waals surface area contributed by atoms with Crippen LogP contribution in [0.25, 0.3) is 0 Å². The van der Waals surface area contributed by atoms with E-state index in [2.05, 4.69) is 0 Å². The second-order valence-corrected chi connectivity index (χ2v) is 4.82. The first-order chi connectivity index (χ1) is 9.83. The van der Waals surface area contributed by atoms with E-state index in [0.717, 1.165) is 6.07 Å². The van der Waals surface area contributed by atoms with E-state index in [0.29, 0.717) is 0 Å². The first-order valence-electron chi connectivity index (χ1n) is 6.08. The highest BCUT2D eigenvalue weighted by molar-refractivity contribution is 5.67. The summed E-state index contributed by atoms with van der Waals surface area (Å²) in [4.78, 5) is 20.6. The van der Waals surface area contributed by atoms with Gasteiger partial charge < -0.3 is 0 Å². The Kier molecular flexibility index (Phi) is 4.92. The van der Waals surface area contributed by atoms with Crippen molar-refractivity contribution < 1.29 is 9.85 Å². The Balaban J connectivity index is 3.82. The first kappa shape index (κ1) is 16.1.